The van der Waals surface area contributed by atoms with Gasteiger partial charge in [-0.25, -0.2) is 0 Å². The summed E-state index contributed by atoms with van der Waals surface area (Å²) in [4.78, 5) is 22.3. The van der Waals surface area contributed by atoms with Crippen LogP contribution < -0.4 is 10.6 Å². The Morgan fingerprint density at radius 3 is 2.52 bits per heavy atom. The van der Waals surface area contributed by atoms with Crippen molar-refractivity contribution in [3.63, 3.8) is 0 Å². The molecule has 6 nitrogen and oxygen atoms in total. The molecule has 0 unspecified atom stereocenters. The fourth-order valence-electron chi connectivity index (χ4n) is 2.68. The summed E-state index contributed by atoms with van der Waals surface area (Å²) in [7, 11) is 0. The van der Waals surface area contributed by atoms with Crippen LogP contribution in [0, 0.1) is 22.0 Å². The lowest BCUT2D eigenvalue weighted by molar-refractivity contribution is -0.384. The molecule has 2 N–H and O–H groups in total. The van der Waals surface area contributed by atoms with Crippen molar-refractivity contribution in [2.45, 2.75) is 31.7 Å². The third-order valence-electron chi connectivity index (χ3n) is 4.10. The van der Waals surface area contributed by atoms with Crippen molar-refractivity contribution in [2.24, 2.45) is 11.8 Å². The number of non-ortho nitro benzene ring substituents is 1. The van der Waals surface area contributed by atoms with Gasteiger partial charge in [0.15, 0.2) is 0 Å². The van der Waals surface area contributed by atoms with E-state index < -0.39 is 4.92 Å². The zero-order valence-corrected chi connectivity index (χ0v) is 11.7. The Labute approximate surface area is 123 Å². The van der Waals surface area contributed by atoms with E-state index in [2.05, 4.69) is 10.6 Å². The molecule has 2 aliphatic carbocycles. The van der Waals surface area contributed by atoms with Crippen molar-refractivity contribution in [3.05, 3.63) is 34.4 Å². The Bertz CT molecular complexity index is 541. The van der Waals surface area contributed by atoms with Crippen LogP contribution in [0.3, 0.4) is 0 Å². The number of rotatable bonds is 7. The van der Waals surface area contributed by atoms with E-state index in [4.69, 9.17) is 0 Å². The third-order valence-corrected chi connectivity index (χ3v) is 4.10. The van der Waals surface area contributed by atoms with Gasteiger partial charge in [0.2, 0.25) is 5.91 Å². The summed E-state index contributed by atoms with van der Waals surface area (Å²) >= 11 is 0. The van der Waals surface area contributed by atoms with Crippen molar-refractivity contribution >= 4 is 17.3 Å². The maximum Gasteiger partial charge on any atom is 0.271 e. The van der Waals surface area contributed by atoms with Crippen LogP contribution >= 0.6 is 0 Å². The summed E-state index contributed by atoms with van der Waals surface area (Å²) in [6.07, 6.45) is 4.89. The fraction of sp³-hybridized carbons (Fsp3) is 0.533. The second-order valence-electron chi connectivity index (χ2n) is 5.93. The largest absolute Gasteiger partial charge is 0.376 e. The number of nitro benzene ring substituents is 1. The first-order valence-electron chi connectivity index (χ1n) is 7.41. The highest BCUT2D eigenvalue weighted by Crippen LogP contribution is 2.44. The molecule has 2 aliphatic rings. The van der Waals surface area contributed by atoms with Crippen molar-refractivity contribution in [2.75, 3.05) is 11.9 Å². The van der Waals surface area contributed by atoms with E-state index >= 15 is 0 Å². The summed E-state index contributed by atoms with van der Waals surface area (Å²) in [5, 5.41) is 16.8. The summed E-state index contributed by atoms with van der Waals surface area (Å²) < 4.78 is 0. The molecule has 2 fully saturated rings. The quantitative estimate of drug-likeness (QED) is 0.596. The van der Waals surface area contributed by atoms with Gasteiger partial charge in [0.05, 0.1) is 11.5 Å². The Morgan fingerprint density at radius 2 is 1.95 bits per heavy atom. The topological polar surface area (TPSA) is 84.3 Å². The number of benzene rings is 1. The maximum absolute atomic E-state index is 12.0. The minimum atomic E-state index is -0.443. The normalized spacial score (nSPS) is 17.6. The summed E-state index contributed by atoms with van der Waals surface area (Å²) in [5.74, 6) is 1.30. The first-order valence-corrected chi connectivity index (χ1v) is 7.41. The molecular formula is C15H19N3O3. The molecule has 1 aromatic rings. The number of nitrogens with zero attached hydrogens (tertiary/aromatic N) is 1. The molecule has 0 radical (unpaired) electrons. The maximum atomic E-state index is 12.0. The molecule has 21 heavy (non-hydrogen) atoms. The first kappa shape index (κ1) is 13.9. The van der Waals surface area contributed by atoms with Crippen LogP contribution in [0.4, 0.5) is 11.4 Å². The van der Waals surface area contributed by atoms with Gasteiger partial charge in [-0.1, -0.05) is 6.07 Å². The number of nitrogens with one attached hydrogen (secondary N) is 2. The molecule has 0 heterocycles. The van der Waals surface area contributed by atoms with Crippen molar-refractivity contribution in [1.29, 1.82) is 0 Å². The van der Waals surface area contributed by atoms with Crippen LogP contribution in [-0.2, 0) is 4.79 Å². The fourth-order valence-corrected chi connectivity index (χ4v) is 2.68. The molecule has 0 aromatic heterocycles. The van der Waals surface area contributed by atoms with Crippen molar-refractivity contribution in [1.82, 2.24) is 5.32 Å². The predicted octanol–water partition coefficient (Wildman–Crippen LogP) is 2.31. The third kappa shape index (κ3) is 3.71. The number of hydrogen-bond donors (Lipinski definition) is 2. The van der Waals surface area contributed by atoms with Gasteiger partial charge >= 0.3 is 0 Å². The van der Waals surface area contributed by atoms with Gasteiger partial charge in [-0.05, 0) is 43.6 Å². The van der Waals surface area contributed by atoms with Crippen LogP contribution in [0.15, 0.2) is 24.3 Å². The van der Waals surface area contributed by atoms with E-state index in [0.717, 1.165) is 0 Å². The molecule has 1 amide bonds. The molecule has 0 atom stereocenters. The van der Waals surface area contributed by atoms with Crippen molar-refractivity contribution < 1.29 is 9.72 Å². The zero-order valence-electron chi connectivity index (χ0n) is 11.7. The molecular weight excluding hydrogens is 270 g/mol. The standard InChI is InChI=1S/C15H19N3O3/c19-14(17-15(10-4-5-10)11-6-7-11)9-16-12-2-1-3-13(8-12)18(20)21/h1-3,8,10-11,15-16H,4-7,9H2,(H,17,19). The molecule has 6 heteroatoms. The van der Waals surface area contributed by atoms with Crippen molar-refractivity contribution in [3.8, 4) is 0 Å². The number of anilines is 1. The Kier molecular flexibility index (Phi) is 3.77. The average Bonchev–Trinajstić information content (AvgIpc) is 3.36. The second-order valence-corrected chi connectivity index (χ2v) is 5.93. The van der Waals surface area contributed by atoms with Crippen LogP contribution in [-0.4, -0.2) is 23.4 Å². The predicted molar refractivity (Wildman–Crippen MR) is 79.0 cm³/mol. The highest BCUT2D eigenvalue weighted by molar-refractivity contribution is 5.81. The highest BCUT2D eigenvalue weighted by Gasteiger charge is 2.42. The summed E-state index contributed by atoms with van der Waals surface area (Å²) in [6, 6.07) is 6.53. The molecule has 0 bridgehead atoms. The smallest absolute Gasteiger partial charge is 0.271 e. The molecule has 2 saturated carbocycles. The van der Waals surface area contributed by atoms with Crippen LogP contribution in [0.5, 0.6) is 0 Å². The molecule has 112 valence electrons. The number of amides is 1. The minimum Gasteiger partial charge on any atom is -0.376 e. The number of carbonyl (C=O) groups excluding carboxylic acids is 1. The summed E-state index contributed by atoms with van der Waals surface area (Å²) in [5.41, 5.74) is 0.614. The second kappa shape index (κ2) is 5.71. The molecule has 3 rings (SSSR count). The van der Waals surface area contributed by atoms with E-state index in [1.54, 1.807) is 12.1 Å². The Hall–Kier alpha value is -2.11. The van der Waals surface area contributed by atoms with Crippen LogP contribution in [0.1, 0.15) is 25.7 Å². The number of hydrogen-bond acceptors (Lipinski definition) is 4. The lowest BCUT2D eigenvalue weighted by Gasteiger charge is -2.18. The van der Waals surface area contributed by atoms with Crippen LogP contribution in [0.25, 0.3) is 0 Å². The van der Waals surface area contributed by atoms with Gasteiger partial charge < -0.3 is 10.6 Å². The van der Waals surface area contributed by atoms with E-state index in [1.807, 2.05) is 0 Å². The lowest BCUT2D eigenvalue weighted by atomic mass is 10.1. The molecule has 0 spiro atoms. The number of nitro groups is 1. The van der Waals surface area contributed by atoms with Gasteiger partial charge in [0.25, 0.3) is 5.69 Å². The van der Waals surface area contributed by atoms with E-state index in [9.17, 15) is 14.9 Å². The molecule has 1 aromatic carbocycles. The monoisotopic (exact) mass is 289 g/mol. The van der Waals surface area contributed by atoms with Gasteiger partial charge in [-0.2, -0.15) is 0 Å². The molecule has 0 aliphatic heterocycles. The van der Waals surface area contributed by atoms with E-state index in [1.165, 1.54) is 37.8 Å². The zero-order chi connectivity index (χ0) is 14.8. The first-order chi connectivity index (χ1) is 10.1. The lowest BCUT2D eigenvalue weighted by Crippen LogP contribution is -2.41. The molecule has 0 saturated heterocycles. The van der Waals surface area contributed by atoms with Gasteiger partial charge in [0.1, 0.15) is 0 Å². The van der Waals surface area contributed by atoms with Crippen LogP contribution in [0.2, 0.25) is 0 Å². The van der Waals surface area contributed by atoms with Gasteiger partial charge in [-0.3, -0.25) is 14.9 Å². The Balaban J connectivity index is 1.51. The van der Waals surface area contributed by atoms with E-state index in [-0.39, 0.29) is 18.1 Å². The minimum absolute atomic E-state index is 0.0224. The van der Waals surface area contributed by atoms with Gasteiger partial charge in [-0.15, -0.1) is 0 Å². The number of carbonyl (C=O) groups is 1. The van der Waals surface area contributed by atoms with E-state index in [0.29, 0.717) is 23.6 Å². The Morgan fingerprint density at radius 1 is 1.29 bits per heavy atom. The average molecular weight is 289 g/mol. The highest BCUT2D eigenvalue weighted by atomic mass is 16.6. The SMILES string of the molecule is O=C(CNc1cccc([N+](=O)[O-])c1)NC(C1CC1)C1CC1. The summed E-state index contributed by atoms with van der Waals surface area (Å²) in [6.45, 7) is 0.150. The van der Waals surface area contributed by atoms with Gasteiger partial charge in [0, 0.05) is 23.9 Å².